The average Bonchev–Trinajstić information content (AvgIpc) is 2.96. The van der Waals surface area contributed by atoms with Gasteiger partial charge in [0.15, 0.2) is 0 Å². The SMILES string of the molecule is C[C@@H]1CN([C@@H](C)CO)C(=O)Cc2cc(NS(=O)(=O)c3ccc(F)cc3)ccc2O[C@H]1CN(C)Cc1ccccc1. The lowest BCUT2D eigenvalue weighted by molar-refractivity contribution is -0.134. The van der Waals surface area contributed by atoms with E-state index >= 15 is 0 Å². The predicted molar refractivity (Wildman–Crippen MR) is 152 cm³/mol. The van der Waals surface area contributed by atoms with Gasteiger partial charge in [0.25, 0.3) is 10.0 Å². The van der Waals surface area contributed by atoms with Crippen LogP contribution < -0.4 is 9.46 Å². The molecule has 1 aliphatic rings. The van der Waals surface area contributed by atoms with Crippen LogP contribution in [0.15, 0.2) is 77.7 Å². The van der Waals surface area contributed by atoms with E-state index < -0.39 is 15.8 Å². The lowest BCUT2D eigenvalue weighted by Crippen LogP contribution is -2.47. The molecule has 40 heavy (non-hydrogen) atoms. The first-order valence-electron chi connectivity index (χ1n) is 13.3. The van der Waals surface area contributed by atoms with Crippen molar-refractivity contribution in [2.24, 2.45) is 5.92 Å². The van der Waals surface area contributed by atoms with Crippen LogP contribution in [0.2, 0.25) is 0 Å². The van der Waals surface area contributed by atoms with Crippen molar-refractivity contribution in [3.63, 3.8) is 0 Å². The summed E-state index contributed by atoms with van der Waals surface area (Å²) >= 11 is 0. The number of rotatable bonds is 9. The number of fused-ring (bicyclic) bond motifs is 1. The first-order chi connectivity index (χ1) is 19.1. The molecule has 2 N–H and O–H groups in total. The molecule has 0 spiro atoms. The van der Waals surface area contributed by atoms with Gasteiger partial charge in [-0.05, 0) is 62.0 Å². The molecule has 214 valence electrons. The van der Waals surface area contributed by atoms with Gasteiger partial charge in [0.2, 0.25) is 5.91 Å². The highest BCUT2D eigenvalue weighted by atomic mass is 32.2. The minimum Gasteiger partial charge on any atom is -0.488 e. The Balaban J connectivity index is 1.63. The Labute approximate surface area is 235 Å². The van der Waals surface area contributed by atoms with Gasteiger partial charge in [-0.2, -0.15) is 0 Å². The summed E-state index contributed by atoms with van der Waals surface area (Å²) in [4.78, 5) is 17.2. The fourth-order valence-electron chi connectivity index (χ4n) is 4.81. The Hall–Kier alpha value is -3.47. The Morgan fingerprint density at radius 1 is 1.12 bits per heavy atom. The second kappa shape index (κ2) is 12.8. The molecule has 1 aliphatic heterocycles. The van der Waals surface area contributed by atoms with Gasteiger partial charge in [0.05, 0.1) is 24.0 Å². The molecule has 4 rings (SSSR count). The summed E-state index contributed by atoms with van der Waals surface area (Å²) < 4.78 is 48.1. The Morgan fingerprint density at radius 2 is 1.82 bits per heavy atom. The van der Waals surface area contributed by atoms with E-state index in [2.05, 4.69) is 21.8 Å². The number of amides is 1. The summed E-state index contributed by atoms with van der Waals surface area (Å²) in [6, 6.07) is 19.1. The zero-order chi connectivity index (χ0) is 28.9. The number of likely N-dealkylation sites (N-methyl/N-ethyl adjacent to an activating group) is 1. The zero-order valence-electron chi connectivity index (χ0n) is 23.0. The van der Waals surface area contributed by atoms with Gasteiger partial charge in [-0.1, -0.05) is 37.3 Å². The maximum absolute atomic E-state index is 13.4. The van der Waals surface area contributed by atoms with Crippen LogP contribution in [0.4, 0.5) is 10.1 Å². The standard InChI is InChI=1S/C30H36FN3O5S/c1-21-17-34(22(2)20-35)30(36)16-24-15-26(32-40(37,38)27-12-9-25(31)10-13-27)11-14-28(24)39-29(21)19-33(3)18-23-7-5-4-6-8-23/h4-15,21-22,29,32,35H,16-20H2,1-3H3/t21-,22+,29+/m1/s1. The summed E-state index contributed by atoms with van der Waals surface area (Å²) in [5.41, 5.74) is 1.96. The number of hydrogen-bond donors (Lipinski definition) is 2. The van der Waals surface area contributed by atoms with Gasteiger partial charge in [0, 0.05) is 36.8 Å². The number of nitrogens with one attached hydrogen (secondary N) is 1. The number of halogens is 1. The van der Waals surface area contributed by atoms with Crippen LogP contribution >= 0.6 is 0 Å². The van der Waals surface area contributed by atoms with Crippen LogP contribution in [0.5, 0.6) is 5.75 Å². The van der Waals surface area contributed by atoms with Crippen molar-refractivity contribution in [3.05, 3.63) is 89.7 Å². The minimum absolute atomic E-state index is 0.0227. The smallest absolute Gasteiger partial charge is 0.261 e. The Bertz CT molecular complexity index is 1400. The number of benzene rings is 3. The molecule has 0 bridgehead atoms. The summed E-state index contributed by atoms with van der Waals surface area (Å²) in [7, 11) is -1.96. The average molecular weight is 570 g/mol. The minimum atomic E-state index is -3.98. The van der Waals surface area contributed by atoms with Crippen molar-refractivity contribution in [1.29, 1.82) is 0 Å². The van der Waals surface area contributed by atoms with Crippen molar-refractivity contribution < 1.29 is 27.4 Å². The van der Waals surface area contributed by atoms with Crippen molar-refractivity contribution in [1.82, 2.24) is 9.80 Å². The van der Waals surface area contributed by atoms with E-state index in [0.29, 0.717) is 24.4 Å². The van der Waals surface area contributed by atoms with E-state index in [1.54, 1.807) is 30.0 Å². The van der Waals surface area contributed by atoms with Crippen molar-refractivity contribution in [3.8, 4) is 5.75 Å². The van der Waals surface area contributed by atoms with E-state index in [9.17, 15) is 22.7 Å². The number of aliphatic hydroxyl groups excluding tert-OH is 1. The molecule has 0 saturated carbocycles. The number of hydrogen-bond acceptors (Lipinski definition) is 6. The summed E-state index contributed by atoms with van der Waals surface area (Å²) in [6.45, 7) is 5.37. The van der Waals surface area contributed by atoms with Gasteiger partial charge in [0.1, 0.15) is 17.7 Å². The van der Waals surface area contributed by atoms with Crippen LogP contribution in [0, 0.1) is 11.7 Å². The quantitative estimate of drug-likeness (QED) is 0.406. The number of carbonyl (C=O) groups excluding carboxylic acids is 1. The second-order valence-electron chi connectivity index (χ2n) is 10.5. The third-order valence-electron chi connectivity index (χ3n) is 7.08. The first-order valence-corrected chi connectivity index (χ1v) is 14.7. The van der Waals surface area contributed by atoms with Gasteiger partial charge < -0.3 is 14.7 Å². The van der Waals surface area contributed by atoms with E-state index in [-0.39, 0.29) is 47.6 Å². The molecule has 0 radical (unpaired) electrons. The lowest BCUT2D eigenvalue weighted by atomic mass is 10.0. The maximum Gasteiger partial charge on any atom is 0.261 e. The molecule has 3 aromatic rings. The van der Waals surface area contributed by atoms with Gasteiger partial charge in [-0.25, -0.2) is 12.8 Å². The number of carbonyl (C=O) groups is 1. The van der Waals surface area contributed by atoms with Crippen LogP contribution in [0.1, 0.15) is 25.0 Å². The molecule has 8 nitrogen and oxygen atoms in total. The molecular weight excluding hydrogens is 533 g/mol. The molecule has 0 aromatic heterocycles. The molecule has 3 atom stereocenters. The fraction of sp³-hybridized carbons (Fsp3) is 0.367. The zero-order valence-corrected chi connectivity index (χ0v) is 23.8. The Morgan fingerprint density at radius 3 is 2.50 bits per heavy atom. The number of aliphatic hydroxyl groups is 1. The highest BCUT2D eigenvalue weighted by Crippen LogP contribution is 2.30. The molecule has 10 heteroatoms. The van der Waals surface area contributed by atoms with E-state index in [1.807, 2.05) is 32.2 Å². The number of nitrogens with zero attached hydrogens (tertiary/aromatic N) is 2. The van der Waals surface area contributed by atoms with Crippen LogP contribution in [-0.2, 0) is 27.8 Å². The van der Waals surface area contributed by atoms with E-state index in [4.69, 9.17) is 4.74 Å². The number of sulfonamides is 1. The molecule has 1 heterocycles. The number of anilines is 1. The molecular formula is C30H36FN3O5S. The molecule has 0 saturated heterocycles. The van der Waals surface area contributed by atoms with Crippen LogP contribution in [0.25, 0.3) is 0 Å². The summed E-state index contributed by atoms with van der Waals surface area (Å²) in [5.74, 6) is -0.276. The first kappa shape index (κ1) is 29.5. The van der Waals surface area contributed by atoms with Crippen molar-refractivity contribution in [2.45, 2.75) is 43.9 Å². The molecule has 0 aliphatic carbocycles. The van der Waals surface area contributed by atoms with E-state index in [0.717, 1.165) is 18.7 Å². The van der Waals surface area contributed by atoms with Gasteiger partial charge >= 0.3 is 0 Å². The third-order valence-corrected chi connectivity index (χ3v) is 8.48. The van der Waals surface area contributed by atoms with Crippen molar-refractivity contribution >= 4 is 21.6 Å². The van der Waals surface area contributed by atoms with Crippen LogP contribution in [-0.4, -0.2) is 68.1 Å². The predicted octanol–water partition coefficient (Wildman–Crippen LogP) is 3.91. The largest absolute Gasteiger partial charge is 0.488 e. The monoisotopic (exact) mass is 569 g/mol. The second-order valence-corrected chi connectivity index (χ2v) is 12.1. The third kappa shape index (κ3) is 7.38. The summed E-state index contributed by atoms with van der Waals surface area (Å²) in [5, 5.41) is 9.86. The molecule has 3 aromatic carbocycles. The molecule has 0 unspecified atom stereocenters. The summed E-state index contributed by atoms with van der Waals surface area (Å²) in [6.07, 6.45) is -0.307. The van der Waals surface area contributed by atoms with Crippen molar-refractivity contribution in [2.75, 3.05) is 31.5 Å². The highest BCUT2D eigenvalue weighted by molar-refractivity contribution is 7.92. The molecule has 1 amide bonds. The lowest BCUT2D eigenvalue weighted by Gasteiger charge is -2.34. The van der Waals surface area contributed by atoms with E-state index in [1.165, 1.54) is 17.7 Å². The maximum atomic E-state index is 13.4. The topological polar surface area (TPSA) is 99.2 Å². The Kier molecular flexibility index (Phi) is 9.44. The van der Waals surface area contributed by atoms with Gasteiger partial charge in [-0.15, -0.1) is 0 Å². The number of ether oxygens (including phenoxy) is 1. The fourth-order valence-corrected chi connectivity index (χ4v) is 5.86. The van der Waals surface area contributed by atoms with Gasteiger partial charge in [-0.3, -0.25) is 14.4 Å². The van der Waals surface area contributed by atoms with Crippen LogP contribution in [0.3, 0.4) is 0 Å². The molecule has 0 fully saturated rings. The highest BCUT2D eigenvalue weighted by Gasteiger charge is 2.31. The normalized spacial score (nSPS) is 18.8.